The molecule has 3 atom stereocenters. The van der Waals surface area contributed by atoms with Crippen LogP contribution in [0.5, 0.6) is 5.75 Å². The second-order valence-electron chi connectivity index (χ2n) is 8.03. The average Bonchev–Trinajstić information content (AvgIpc) is 2.60. The summed E-state index contributed by atoms with van der Waals surface area (Å²) in [6.45, 7) is 6.41. The molecule has 0 bridgehead atoms. The van der Waals surface area contributed by atoms with Gasteiger partial charge in [-0.1, -0.05) is 45.4 Å². The largest absolute Gasteiger partial charge is 0.484 e. The summed E-state index contributed by atoms with van der Waals surface area (Å²) < 4.78 is 5.42. The van der Waals surface area contributed by atoms with Crippen LogP contribution in [0.15, 0.2) is 24.3 Å². The van der Waals surface area contributed by atoms with Crippen molar-refractivity contribution in [2.24, 2.45) is 23.5 Å². The summed E-state index contributed by atoms with van der Waals surface area (Å²) in [6, 6.07) is 7.35. The molecule has 0 heterocycles. The SMILES string of the molecule is CC1CCC(C(C)C)C(O)(C(=O)NCCc2ccccc2OCC(N)=O)C1. The lowest BCUT2D eigenvalue weighted by Gasteiger charge is -2.43. The van der Waals surface area contributed by atoms with Gasteiger partial charge in [-0.25, -0.2) is 0 Å². The number of nitrogens with one attached hydrogen (secondary N) is 1. The molecule has 0 saturated heterocycles. The molecule has 1 aliphatic rings. The minimum absolute atomic E-state index is 0.0279. The Morgan fingerprint density at radius 1 is 1.33 bits per heavy atom. The van der Waals surface area contributed by atoms with Gasteiger partial charge in [-0.3, -0.25) is 9.59 Å². The van der Waals surface area contributed by atoms with E-state index in [9.17, 15) is 14.7 Å². The minimum Gasteiger partial charge on any atom is -0.484 e. The van der Waals surface area contributed by atoms with Crippen molar-refractivity contribution in [3.05, 3.63) is 29.8 Å². The Hall–Kier alpha value is -2.08. The standard InChI is InChI=1S/C21H32N2O4/c1-14(2)17-9-8-15(3)12-21(17,26)20(25)23-11-10-16-6-4-5-7-18(16)27-13-19(22)24/h4-7,14-15,17,26H,8-13H2,1-3H3,(H2,22,24)(H,23,25). The summed E-state index contributed by atoms with van der Waals surface area (Å²) >= 11 is 0. The highest BCUT2D eigenvalue weighted by molar-refractivity contribution is 5.85. The summed E-state index contributed by atoms with van der Waals surface area (Å²) in [6.07, 6.45) is 2.95. The van der Waals surface area contributed by atoms with Crippen LogP contribution in [0.3, 0.4) is 0 Å². The molecule has 1 aliphatic carbocycles. The van der Waals surface area contributed by atoms with Crippen molar-refractivity contribution in [3.63, 3.8) is 0 Å². The number of hydrogen-bond donors (Lipinski definition) is 3. The van der Waals surface area contributed by atoms with Crippen molar-refractivity contribution >= 4 is 11.8 Å². The third-order valence-electron chi connectivity index (χ3n) is 5.46. The molecular weight excluding hydrogens is 344 g/mol. The number of carbonyl (C=O) groups is 2. The molecule has 0 spiro atoms. The topological polar surface area (TPSA) is 102 Å². The maximum absolute atomic E-state index is 12.8. The molecule has 0 aliphatic heterocycles. The molecule has 1 saturated carbocycles. The van der Waals surface area contributed by atoms with Crippen molar-refractivity contribution in [1.29, 1.82) is 0 Å². The summed E-state index contributed by atoms with van der Waals surface area (Å²) in [7, 11) is 0. The van der Waals surface area contributed by atoms with Crippen LogP contribution < -0.4 is 15.8 Å². The number of para-hydroxylation sites is 1. The van der Waals surface area contributed by atoms with Crippen molar-refractivity contribution in [2.45, 2.75) is 52.1 Å². The first-order valence-corrected chi connectivity index (χ1v) is 9.73. The number of benzene rings is 1. The Morgan fingerprint density at radius 2 is 2.04 bits per heavy atom. The van der Waals surface area contributed by atoms with Gasteiger partial charge in [0, 0.05) is 6.54 Å². The molecule has 1 fully saturated rings. The number of hydrogen-bond acceptors (Lipinski definition) is 4. The molecule has 0 aromatic heterocycles. The van der Waals surface area contributed by atoms with Crippen LogP contribution in [-0.4, -0.2) is 35.7 Å². The normalized spacial score (nSPS) is 25.2. The van der Waals surface area contributed by atoms with Crippen molar-refractivity contribution < 1.29 is 19.4 Å². The molecule has 6 heteroatoms. The van der Waals surface area contributed by atoms with Crippen LogP contribution in [0.2, 0.25) is 0 Å². The quantitative estimate of drug-likeness (QED) is 0.646. The van der Waals surface area contributed by atoms with Gasteiger partial charge in [0.2, 0.25) is 0 Å². The first-order chi connectivity index (χ1) is 12.7. The number of primary amides is 1. The third-order valence-corrected chi connectivity index (χ3v) is 5.46. The first-order valence-electron chi connectivity index (χ1n) is 9.73. The molecule has 3 unspecified atom stereocenters. The molecule has 27 heavy (non-hydrogen) atoms. The van der Waals surface area contributed by atoms with E-state index >= 15 is 0 Å². The number of aliphatic hydroxyl groups is 1. The molecule has 1 aromatic carbocycles. The molecule has 150 valence electrons. The zero-order valence-corrected chi connectivity index (χ0v) is 16.5. The van der Waals surface area contributed by atoms with Crippen LogP contribution in [0.1, 0.15) is 45.6 Å². The Bertz CT molecular complexity index is 661. The van der Waals surface area contributed by atoms with E-state index in [-0.39, 0.29) is 24.3 Å². The van der Waals surface area contributed by atoms with E-state index in [0.717, 1.165) is 18.4 Å². The number of carbonyl (C=O) groups excluding carboxylic acids is 2. The van der Waals surface area contributed by atoms with Gasteiger partial charge in [-0.2, -0.15) is 0 Å². The fraction of sp³-hybridized carbons (Fsp3) is 0.619. The average molecular weight is 376 g/mol. The zero-order valence-electron chi connectivity index (χ0n) is 16.5. The van der Waals surface area contributed by atoms with E-state index in [0.29, 0.717) is 31.1 Å². The van der Waals surface area contributed by atoms with Crippen molar-refractivity contribution in [3.8, 4) is 5.75 Å². The van der Waals surface area contributed by atoms with Gasteiger partial charge in [-0.15, -0.1) is 0 Å². The van der Waals surface area contributed by atoms with E-state index in [1.807, 2.05) is 18.2 Å². The van der Waals surface area contributed by atoms with E-state index in [2.05, 4.69) is 26.1 Å². The monoisotopic (exact) mass is 376 g/mol. The predicted molar refractivity (Wildman–Crippen MR) is 104 cm³/mol. The van der Waals surface area contributed by atoms with Crippen LogP contribution in [-0.2, 0) is 16.0 Å². The van der Waals surface area contributed by atoms with Crippen LogP contribution in [0.4, 0.5) is 0 Å². The number of rotatable bonds is 8. The van der Waals surface area contributed by atoms with Gasteiger partial charge in [0.05, 0.1) is 0 Å². The number of amides is 2. The molecule has 2 rings (SSSR count). The molecule has 6 nitrogen and oxygen atoms in total. The maximum atomic E-state index is 12.8. The Labute approximate surface area is 161 Å². The van der Waals surface area contributed by atoms with Gasteiger partial charge in [0.1, 0.15) is 11.4 Å². The summed E-state index contributed by atoms with van der Waals surface area (Å²) in [5.74, 6) is 0.306. The molecular formula is C21H32N2O4. The Balaban J connectivity index is 1.98. The molecule has 4 N–H and O–H groups in total. The Kier molecular flexibility index (Phi) is 7.25. The van der Waals surface area contributed by atoms with Gasteiger partial charge in [0.15, 0.2) is 6.61 Å². The van der Waals surface area contributed by atoms with Gasteiger partial charge in [-0.05, 0) is 48.6 Å². The number of ether oxygens (including phenoxy) is 1. The smallest absolute Gasteiger partial charge is 0.255 e. The number of nitrogens with two attached hydrogens (primary N) is 1. The Morgan fingerprint density at radius 3 is 2.70 bits per heavy atom. The lowest BCUT2D eigenvalue weighted by molar-refractivity contribution is -0.155. The van der Waals surface area contributed by atoms with E-state index in [4.69, 9.17) is 10.5 Å². The lowest BCUT2D eigenvalue weighted by atomic mass is 9.66. The van der Waals surface area contributed by atoms with E-state index in [1.165, 1.54) is 0 Å². The molecule has 0 radical (unpaired) electrons. The first kappa shape index (κ1) is 21.2. The molecule has 1 aromatic rings. The van der Waals surface area contributed by atoms with Crippen molar-refractivity contribution in [1.82, 2.24) is 5.32 Å². The highest BCUT2D eigenvalue weighted by Gasteiger charge is 2.48. The van der Waals surface area contributed by atoms with Gasteiger partial charge >= 0.3 is 0 Å². The maximum Gasteiger partial charge on any atom is 0.255 e. The van der Waals surface area contributed by atoms with E-state index < -0.39 is 11.5 Å². The van der Waals surface area contributed by atoms with Crippen molar-refractivity contribution in [2.75, 3.05) is 13.2 Å². The summed E-state index contributed by atoms with van der Waals surface area (Å²) in [5, 5.41) is 14.1. The van der Waals surface area contributed by atoms with Crippen LogP contribution in [0, 0.1) is 17.8 Å². The zero-order chi connectivity index (χ0) is 20.0. The highest BCUT2D eigenvalue weighted by Crippen LogP contribution is 2.41. The second-order valence-corrected chi connectivity index (χ2v) is 8.03. The predicted octanol–water partition coefficient (Wildman–Crippen LogP) is 2.03. The summed E-state index contributed by atoms with van der Waals surface area (Å²) in [4.78, 5) is 23.7. The fourth-order valence-electron chi connectivity index (χ4n) is 4.10. The lowest BCUT2D eigenvalue weighted by Crippen LogP contribution is -2.56. The van der Waals surface area contributed by atoms with Gasteiger partial charge < -0.3 is 20.9 Å². The fourth-order valence-corrected chi connectivity index (χ4v) is 4.10. The minimum atomic E-state index is -1.31. The second kappa shape index (κ2) is 9.22. The summed E-state index contributed by atoms with van der Waals surface area (Å²) in [5.41, 5.74) is 4.69. The van der Waals surface area contributed by atoms with E-state index in [1.54, 1.807) is 6.07 Å². The van der Waals surface area contributed by atoms with Crippen LogP contribution >= 0.6 is 0 Å². The molecule has 2 amide bonds. The van der Waals surface area contributed by atoms with Crippen LogP contribution in [0.25, 0.3) is 0 Å². The van der Waals surface area contributed by atoms with Gasteiger partial charge in [0.25, 0.3) is 11.8 Å². The highest BCUT2D eigenvalue weighted by atomic mass is 16.5. The third kappa shape index (κ3) is 5.45.